The first-order valence-corrected chi connectivity index (χ1v) is 9.70. The summed E-state index contributed by atoms with van der Waals surface area (Å²) < 4.78 is 0. The molecule has 2 aliphatic rings. The second-order valence-corrected chi connectivity index (χ2v) is 13.9. The predicted molar refractivity (Wildman–Crippen MR) is 64.5 cm³/mol. The van der Waals surface area contributed by atoms with Crippen molar-refractivity contribution in [3.05, 3.63) is 0 Å². The summed E-state index contributed by atoms with van der Waals surface area (Å²) in [7, 11) is 0. The van der Waals surface area contributed by atoms with Crippen LogP contribution >= 0.6 is 6.60 Å². The Balaban J connectivity index is 1.66. The van der Waals surface area contributed by atoms with E-state index in [1.165, 1.54) is 12.8 Å². The summed E-state index contributed by atoms with van der Waals surface area (Å²) in [5.41, 5.74) is 0. The third-order valence-corrected chi connectivity index (χ3v) is 9.08. The van der Waals surface area contributed by atoms with Crippen LogP contribution < -0.4 is 0 Å². The summed E-state index contributed by atoms with van der Waals surface area (Å²) in [6, 6.07) is 0. The molecular formula is C12H25P. The summed E-state index contributed by atoms with van der Waals surface area (Å²) in [5.74, 6) is 2.29. The van der Waals surface area contributed by atoms with Gasteiger partial charge in [-0.2, -0.15) is 0 Å². The normalized spacial score (nSPS) is 41.9. The molecule has 1 heterocycles. The first-order chi connectivity index (χ1) is 6.02. The summed E-state index contributed by atoms with van der Waals surface area (Å²) >= 11 is 0. The molecule has 1 heteroatoms. The molecule has 0 radical (unpaired) electrons. The van der Waals surface area contributed by atoms with Crippen LogP contribution in [0, 0.1) is 11.8 Å². The van der Waals surface area contributed by atoms with Crippen molar-refractivity contribution >= 4 is 6.60 Å². The van der Waals surface area contributed by atoms with Gasteiger partial charge in [-0.15, -0.1) is 0 Å². The zero-order chi connectivity index (χ0) is 9.55. The van der Waals surface area contributed by atoms with Gasteiger partial charge in [0.25, 0.3) is 0 Å². The van der Waals surface area contributed by atoms with Gasteiger partial charge in [0.2, 0.25) is 0 Å². The molecule has 0 N–H and O–H groups in total. The number of hydrogen-bond acceptors (Lipinski definition) is 0. The molecule has 0 aromatic rings. The summed E-state index contributed by atoms with van der Waals surface area (Å²) in [6.45, 7) is 6.62. The first kappa shape index (κ1) is 9.97. The van der Waals surface area contributed by atoms with E-state index in [1.54, 1.807) is 31.3 Å². The maximum atomic E-state index is 2.61. The summed E-state index contributed by atoms with van der Waals surface area (Å²) in [6.07, 6.45) is 10.9. The van der Waals surface area contributed by atoms with Gasteiger partial charge in [0.15, 0.2) is 0 Å². The van der Waals surface area contributed by atoms with E-state index in [2.05, 4.69) is 20.3 Å². The van der Waals surface area contributed by atoms with Gasteiger partial charge in [0, 0.05) is 0 Å². The van der Waals surface area contributed by atoms with E-state index in [1.807, 2.05) is 0 Å². The molecule has 1 aliphatic heterocycles. The van der Waals surface area contributed by atoms with E-state index in [4.69, 9.17) is 0 Å². The molecule has 0 nitrogen and oxygen atoms in total. The molecule has 2 rings (SSSR count). The van der Waals surface area contributed by atoms with E-state index in [9.17, 15) is 0 Å². The van der Waals surface area contributed by atoms with E-state index in [0.29, 0.717) is 0 Å². The molecule has 1 saturated heterocycles. The Bertz CT molecular complexity index is 199. The Morgan fingerprint density at radius 3 is 2.23 bits per heavy atom. The van der Waals surface area contributed by atoms with Crippen molar-refractivity contribution in [2.75, 3.05) is 31.8 Å². The average Bonchev–Trinajstić information content (AvgIpc) is 2.91. The van der Waals surface area contributed by atoms with Crippen molar-refractivity contribution in [2.24, 2.45) is 11.8 Å². The van der Waals surface area contributed by atoms with Gasteiger partial charge in [-0.3, -0.25) is 0 Å². The minimum atomic E-state index is -0.937. The van der Waals surface area contributed by atoms with Crippen LogP contribution in [0.2, 0.25) is 0 Å². The predicted octanol–water partition coefficient (Wildman–Crippen LogP) is 3.64. The summed E-state index contributed by atoms with van der Waals surface area (Å²) in [4.78, 5) is 0. The van der Waals surface area contributed by atoms with Crippen LogP contribution in [0.3, 0.4) is 0 Å². The fourth-order valence-electron chi connectivity index (χ4n) is 2.49. The van der Waals surface area contributed by atoms with Gasteiger partial charge in [-0.05, 0) is 0 Å². The Morgan fingerprint density at radius 1 is 1.08 bits per heavy atom. The van der Waals surface area contributed by atoms with Crippen molar-refractivity contribution in [1.82, 2.24) is 0 Å². The van der Waals surface area contributed by atoms with Crippen LogP contribution in [0.25, 0.3) is 0 Å². The Morgan fingerprint density at radius 2 is 1.69 bits per heavy atom. The van der Waals surface area contributed by atoms with Gasteiger partial charge in [0.05, 0.1) is 0 Å². The topological polar surface area (TPSA) is 0 Å². The third kappa shape index (κ3) is 2.46. The molecule has 1 saturated carbocycles. The van der Waals surface area contributed by atoms with Crippen LogP contribution in [-0.4, -0.2) is 31.8 Å². The molecule has 13 heavy (non-hydrogen) atoms. The fourth-order valence-corrected chi connectivity index (χ4v) is 6.32. The Labute approximate surface area is 83.4 Å². The van der Waals surface area contributed by atoms with Gasteiger partial charge in [0.1, 0.15) is 0 Å². The van der Waals surface area contributed by atoms with Gasteiger partial charge in [-0.25, -0.2) is 0 Å². The van der Waals surface area contributed by atoms with Crippen molar-refractivity contribution < 1.29 is 0 Å². The van der Waals surface area contributed by atoms with Crippen molar-refractivity contribution in [3.8, 4) is 0 Å². The van der Waals surface area contributed by atoms with Gasteiger partial charge < -0.3 is 0 Å². The van der Waals surface area contributed by atoms with Crippen molar-refractivity contribution in [1.29, 1.82) is 0 Å². The Hall–Kier alpha value is 0.430. The standard InChI is InChI=1S/C12H25P/c1-4-5-11-10-12(11)6-7-13(2,3)8-9-13/h11-12H,4-10H2,1-3H3. The molecule has 2 atom stereocenters. The van der Waals surface area contributed by atoms with Crippen molar-refractivity contribution in [3.63, 3.8) is 0 Å². The monoisotopic (exact) mass is 200 g/mol. The molecule has 0 aromatic heterocycles. The van der Waals surface area contributed by atoms with E-state index >= 15 is 0 Å². The van der Waals surface area contributed by atoms with Crippen molar-refractivity contribution in [2.45, 2.75) is 32.6 Å². The molecule has 0 amide bonds. The second-order valence-electron chi connectivity index (χ2n) is 6.52. The first-order valence-electron chi connectivity index (χ1n) is 6.02. The van der Waals surface area contributed by atoms with E-state index in [-0.39, 0.29) is 0 Å². The maximum absolute atomic E-state index is 2.61. The molecule has 0 aromatic carbocycles. The van der Waals surface area contributed by atoms with Crippen LogP contribution in [0.1, 0.15) is 32.6 Å². The minimum absolute atomic E-state index is 0.937. The molecule has 1 aliphatic carbocycles. The van der Waals surface area contributed by atoms with Gasteiger partial charge >= 0.3 is 82.9 Å². The SMILES string of the molecule is CCCC1CC1CCP1(C)(C)CC1. The summed E-state index contributed by atoms with van der Waals surface area (Å²) in [5, 5.41) is 0. The molecule has 0 bridgehead atoms. The molecule has 78 valence electrons. The second kappa shape index (κ2) is 2.96. The number of hydrogen-bond donors (Lipinski definition) is 0. The Kier molecular flexibility index (Phi) is 2.27. The van der Waals surface area contributed by atoms with E-state index < -0.39 is 6.60 Å². The molecule has 0 spiro atoms. The van der Waals surface area contributed by atoms with Gasteiger partial charge in [-0.1, -0.05) is 0 Å². The van der Waals surface area contributed by atoms with Crippen LogP contribution in [-0.2, 0) is 0 Å². The van der Waals surface area contributed by atoms with Crippen LogP contribution in [0.15, 0.2) is 0 Å². The van der Waals surface area contributed by atoms with Crippen LogP contribution in [0.4, 0.5) is 0 Å². The zero-order valence-electron chi connectivity index (χ0n) is 9.55. The molecular weight excluding hydrogens is 175 g/mol. The molecule has 2 unspecified atom stereocenters. The number of rotatable bonds is 5. The zero-order valence-corrected chi connectivity index (χ0v) is 10.4. The average molecular weight is 200 g/mol. The fraction of sp³-hybridized carbons (Fsp3) is 1.00. The van der Waals surface area contributed by atoms with Crippen LogP contribution in [0.5, 0.6) is 0 Å². The quantitative estimate of drug-likeness (QED) is 0.594. The van der Waals surface area contributed by atoms with E-state index in [0.717, 1.165) is 11.8 Å². The molecule has 2 fully saturated rings. The third-order valence-electron chi connectivity index (χ3n) is 4.43.